The molecular formula is C21H17N5O4S. The maximum Gasteiger partial charge on any atom is 0.269 e. The number of nitrogens with zero attached hydrogens (tertiary/aromatic N) is 5. The number of thiophene rings is 1. The van der Waals surface area contributed by atoms with E-state index in [-0.39, 0.29) is 12.3 Å². The van der Waals surface area contributed by atoms with Crippen LogP contribution in [0, 0.1) is 17.0 Å². The maximum atomic E-state index is 10.7. The zero-order valence-corrected chi connectivity index (χ0v) is 17.5. The lowest BCUT2D eigenvalue weighted by atomic mass is 10.1. The van der Waals surface area contributed by atoms with E-state index in [9.17, 15) is 10.1 Å². The Balaban J connectivity index is 1.40. The van der Waals surface area contributed by atoms with E-state index in [0.717, 1.165) is 22.3 Å². The number of ether oxygens (including phenoxy) is 1. The van der Waals surface area contributed by atoms with Crippen LogP contribution in [0.25, 0.3) is 27.4 Å². The first kappa shape index (κ1) is 19.2. The summed E-state index contributed by atoms with van der Waals surface area (Å²) >= 11 is 1.66. The smallest absolute Gasteiger partial charge is 0.269 e. The fraction of sp³-hybridized carbons (Fsp3) is 0.190. The summed E-state index contributed by atoms with van der Waals surface area (Å²) in [5, 5.41) is 16.3. The molecular weight excluding hydrogens is 418 g/mol. The van der Waals surface area contributed by atoms with Crippen LogP contribution >= 0.6 is 11.3 Å². The van der Waals surface area contributed by atoms with Crippen LogP contribution in [-0.2, 0) is 13.0 Å². The van der Waals surface area contributed by atoms with E-state index >= 15 is 0 Å². The number of non-ortho nitro benzene ring substituents is 1. The molecule has 0 atom stereocenters. The van der Waals surface area contributed by atoms with Crippen LogP contribution in [0.5, 0.6) is 5.75 Å². The number of rotatable bonds is 6. The lowest BCUT2D eigenvalue weighted by Crippen LogP contribution is -1.94. The molecule has 156 valence electrons. The zero-order valence-electron chi connectivity index (χ0n) is 16.7. The fourth-order valence-electron chi connectivity index (χ4n) is 3.49. The van der Waals surface area contributed by atoms with Crippen LogP contribution < -0.4 is 4.74 Å². The molecule has 31 heavy (non-hydrogen) atoms. The molecule has 0 N–H and O–H groups in total. The number of nitro groups is 1. The molecule has 5 rings (SSSR count). The van der Waals surface area contributed by atoms with Crippen LogP contribution in [-0.4, -0.2) is 24.5 Å². The highest BCUT2D eigenvalue weighted by atomic mass is 32.1. The lowest BCUT2D eigenvalue weighted by Gasteiger charge is -2.03. The molecule has 0 amide bonds. The Morgan fingerprint density at radius 1 is 1.23 bits per heavy atom. The Bertz CT molecular complexity index is 1420. The number of fused-ring (bicyclic) bond motifs is 3. The highest BCUT2D eigenvalue weighted by Crippen LogP contribution is 2.33. The first-order valence-electron chi connectivity index (χ1n) is 9.63. The summed E-state index contributed by atoms with van der Waals surface area (Å²) in [4.78, 5) is 21.7. The van der Waals surface area contributed by atoms with Crippen molar-refractivity contribution in [1.29, 1.82) is 0 Å². The molecule has 0 fully saturated rings. The summed E-state index contributed by atoms with van der Waals surface area (Å²) in [5.74, 6) is 2.12. The van der Waals surface area contributed by atoms with Gasteiger partial charge < -0.3 is 9.15 Å². The van der Waals surface area contributed by atoms with Crippen LogP contribution in [0.4, 0.5) is 5.69 Å². The topological polar surface area (TPSA) is 109 Å². The van der Waals surface area contributed by atoms with Gasteiger partial charge in [0.25, 0.3) is 5.69 Å². The third-order valence-electron chi connectivity index (χ3n) is 4.99. The van der Waals surface area contributed by atoms with Gasteiger partial charge in [-0.2, -0.15) is 0 Å². The Kier molecular flexibility index (Phi) is 4.63. The number of aromatic nitrogens is 4. The molecule has 0 saturated carbocycles. The Morgan fingerprint density at radius 2 is 2.03 bits per heavy atom. The SMILES string of the molecule is CCc1c(C)sc2ncn3nc(-c4ccc(COc5ccc([N+](=O)[O-])cc5)o4)nc3c12. The van der Waals surface area contributed by atoms with Gasteiger partial charge in [-0.15, -0.1) is 16.4 Å². The molecule has 0 saturated heterocycles. The monoisotopic (exact) mass is 435 g/mol. The van der Waals surface area contributed by atoms with Crippen molar-refractivity contribution in [2.75, 3.05) is 0 Å². The van der Waals surface area contributed by atoms with Gasteiger partial charge in [0.1, 0.15) is 29.3 Å². The third-order valence-corrected chi connectivity index (χ3v) is 6.05. The first-order chi connectivity index (χ1) is 15.0. The van der Waals surface area contributed by atoms with E-state index < -0.39 is 4.92 Å². The Labute approximate surface area is 180 Å². The van der Waals surface area contributed by atoms with Crippen molar-refractivity contribution in [2.24, 2.45) is 0 Å². The number of hydrogen-bond acceptors (Lipinski definition) is 8. The highest BCUT2D eigenvalue weighted by Gasteiger charge is 2.18. The molecule has 4 heterocycles. The molecule has 9 nitrogen and oxygen atoms in total. The van der Waals surface area contributed by atoms with Crippen molar-refractivity contribution >= 4 is 32.9 Å². The molecule has 0 aliphatic heterocycles. The molecule has 0 unspecified atom stereocenters. The van der Waals surface area contributed by atoms with Crippen molar-refractivity contribution in [3.8, 4) is 17.3 Å². The van der Waals surface area contributed by atoms with Crippen molar-refractivity contribution in [1.82, 2.24) is 19.6 Å². The minimum atomic E-state index is -0.450. The van der Waals surface area contributed by atoms with Crippen LogP contribution in [0.15, 0.2) is 47.1 Å². The summed E-state index contributed by atoms with van der Waals surface area (Å²) in [6, 6.07) is 9.50. The number of hydrogen-bond donors (Lipinski definition) is 0. The Hall–Kier alpha value is -3.79. The van der Waals surface area contributed by atoms with Crippen molar-refractivity contribution < 1.29 is 14.1 Å². The van der Waals surface area contributed by atoms with E-state index in [0.29, 0.717) is 23.1 Å². The largest absolute Gasteiger partial charge is 0.486 e. The van der Waals surface area contributed by atoms with Gasteiger partial charge in [0, 0.05) is 17.0 Å². The third kappa shape index (κ3) is 3.40. The number of aryl methyl sites for hydroxylation is 2. The normalized spacial score (nSPS) is 11.4. The van der Waals surface area contributed by atoms with Gasteiger partial charge in [-0.3, -0.25) is 10.1 Å². The minimum absolute atomic E-state index is 0.0150. The standard InChI is InChI=1S/C21H17N5O4S/c1-3-16-12(2)31-21-18(16)20-23-19(24-25(20)11-22-21)17-9-8-15(30-17)10-29-14-6-4-13(5-7-14)26(27)28/h4-9,11H,3,10H2,1-2H3. The zero-order chi connectivity index (χ0) is 21.5. The molecule has 1 aromatic carbocycles. The number of furan rings is 1. The van der Waals surface area contributed by atoms with E-state index in [1.165, 1.54) is 22.6 Å². The number of nitro benzene ring substituents is 1. The predicted molar refractivity (Wildman–Crippen MR) is 115 cm³/mol. The summed E-state index contributed by atoms with van der Waals surface area (Å²) in [6.07, 6.45) is 2.57. The fourth-order valence-corrected chi connectivity index (χ4v) is 4.57. The minimum Gasteiger partial charge on any atom is -0.486 e. The second-order valence-corrected chi connectivity index (χ2v) is 8.13. The molecule has 0 bridgehead atoms. The summed E-state index contributed by atoms with van der Waals surface area (Å²) in [6.45, 7) is 4.41. The average Bonchev–Trinajstić information content (AvgIpc) is 3.47. The molecule has 0 aliphatic carbocycles. The van der Waals surface area contributed by atoms with Gasteiger partial charge in [0.2, 0.25) is 5.82 Å². The summed E-state index contributed by atoms with van der Waals surface area (Å²) < 4.78 is 13.2. The maximum absolute atomic E-state index is 10.7. The molecule has 0 radical (unpaired) electrons. The van der Waals surface area contributed by atoms with Crippen molar-refractivity contribution in [3.63, 3.8) is 0 Å². The Morgan fingerprint density at radius 3 is 2.77 bits per heavy atom. The molecule has 0 aliphatic rings. The van der Waals surface area contributed by atoms with Gasteiger partial charge in [-0.25, -0.2) is 14.5 Å². The van der Waals surface area contributed by atoms with E-state index in [4.69, 9.17) is 14.1 Å². The van der Waals surface area contributed by atoms with Gasteiger partial charge in [-0.05, 0) is 43.2 Å². The van der Waals surface area contributed by atoms with Crippen molar-refractivity contribution in [3.05, 3.63) is 69.0 Å². The molecule has 0 spiro atoms. The molecule has 10 heteroatoms. The molecule has 5 aromatic rings. The summed E-state index contributed by atoms with van der Waals surface area (Å²) in [5.41, 5.74) is 2.02. The van der Waals surface area contributed by atoms with E-state index in [1.807, 2.05) is 0 Å². The predicted octanol–water partition coefficient (Wildman–Crippen LogP) is 4.96. The average molecular weight is 435 g/mol. The first-order valence-corrected chi connectivity index (χ1v) is 10.4. The highest BCUT2D eigenvalue weighted by molar-refractivity contribution is 7.18. The summed E-state index contributed by atoms with van der Waals surface area (Å²) in [7, 11) is 0. The lowest BCUT2D eigenvalue weighted by molar-refractivity contribution is -0.384. The van der Waals surface area contributed by atoms with Gasteiger partial charge in [0.05, 0.1) is 10.3 Å². The van der Waals surface area contributed by atoms with Gasteiger partial charge in [-0.1, -0.05) is 6.92 Å². The van der Waals surface area contributed by atoms with Crippen LogP contribution in [0.1, 0.15) is 23.1 Å². The second-order valence-electron chi connectivity index (χ2n) is 6.92. The van der Waals surface area contributed by atoms with Crippen LogP contribution in [0.3, 0.4) is 0 Å². The quantitative estimate of drug-likeness (QED) is 0.274. The van der Waals surface area contributed by atoms with Crippen LogP contribution in [0.2, 0.25) is 0 Å². The van der Waals surface area contributed by atoms with E-state index in [1.54, 1.807) is 46.4 Å². The molecule has 4 aromatic heterocycles. The number of benzene rings is 1. The van der Waals surface area contributed by atoms with Gasteiger partial charge >= 0.3 is 0 Å². The van der Waals surface area contributed by atoms with Crippen molar-refractivity contribution in [2.45, 2.75) is 26.9 Å². The second kappa shape index (κ2) is 7.47. The van der Waals surface area contributed by atoms with E-state index in [2.05, 4.69) is 23.9 Å². The van der Waals surface area contributed by atoms with Gasteiger partial charge in [0.15, 0.2) is 11.4 Å².